The number of carbonyl (C=O) groups excluding carboxylic acids is 1. The fourth-order valence-electron chi connectivity index (χ4n) is 2.52. The van der Waals surface area contributed by atoms with Crippen LogP contribution in [0.15, 0.2) is 30.3 Å². The molecule has 0 bridgehead atoms. The molecule has 1 aromatic heterocycles. The summed E-state index contributed by atoms with van der Waals surface area (Å²) < 4.78 is 1.26. The van der Waals surface area contributed by atoms with E-state index < -0.39 is 5.24 Å². The predicted octanol–water partition coefficient (Wildman–Crippen LogP) is 3.23. The van der Waals surface area contributed by atoms with Crippen LogP contribution in [-0.2, 0) is 6.42 Å². The number of hydrogen-bond acceptors (Lipinski definition) is 3. The maximum atomic E-state index is 11.5. The van der Waals surface area contributed by atoms with Crippen LogP contribution in [0.4, 0.5) is 0 Å². The van der Waals surface area contributed by atoms with Gasteiger partial charge in [-0.3, -0.25) is 9.36 Å². The van der Waals surface area contributed by atoms with Crippen molar-refractivity contribution in [3.05, 3.63) is 47.0 Å². The van der Waals surface area contributed by atoms with E-state index in [1.807, 2.05) is 6.08 Å². The quantitative estimate of drug-likeness (QED) is 0.834. The molecule has 20 heavy (non-hydrogen) atoms. The molecule has 1 heterocycles. The second kappa shape index (κ2) is 4.72. The first kappa shape index (κ1) is 12.8. The number of benzene rings is 1. The second-order valence-corrected chi connectivity index (χ2v) is 4.95. The zero-order valence-corrected chi connectivity index (χ0v) is 11.3. The van der Waals surface area contributed by atoms with Gasteiger partial charge < -0.3 is 10.2 Å². The van der Waals surface area contributed by atoms with Crippen molar-refractivity contribution in [1.82, 2.24) is 4.57 Å². The van der Waals surface area contributed by atoms with Gasteiger partial charge >= 0.3 is 0 Å². The first-order valence-electron chi connectivity index (χ1n) is 6.22. The Balaban J connectivity index is 2.29. The number of fused-ring (bicyclic) bond motifs is 1. The minimum Gasteiger partial charge on any atom is -0.494 e. The number of para-hydroxylation sites is 1. The van der Waals surface area contributed by atoms with Gasteiger partial charge in [0.05, 0.1) is 11.3 Å². The average Bonchev–Trinajstić information content (AvgIpc) is 2.71. The zero-order valence-electron chi connectivity index (χ0n) is 10.5. The summed E-state index contributed by atoms with van der Waals surface area (Å²) in [6, 6.07) is 6.57. The molecule has 1 aliphatic carbocycles. The maximum absolute atomic E-state index is 11.5. The first-order chi connectivity index (χ1) is 9.61. The largest absolute Gasteiger partial charge is 0.494 e. The number of allylic oxidation sites excluding steroid dienone is 1. The van der Waals surface area contributed by atoms with E-state index in [1.165, 1.54) is 4.57 Å². The molecule has 2 N–H and O–H groups in total. The highest BCUT2D eigenvalue weighted by Crippen LogP contribution is 2.40. The van der Waals surface area contributed by atoms with Gasteiger partial charge in [0, 0.05) is 11.1 Å². The minimum absolute atomic E-state index is 0.0489. The lowest BCUT2D eigenvalue weighted by atomic mass is 10.0. The monoisotopic (exact) mass is 289 g/mol. The summed E-state index contributed by atoms with van der Waals surface area (Å²) in [4.78, 5) is 11.5. The van der Waals surface area contributed by atoms with Gasteiger partial charge in [0.1, 0.15) is 0 Å². The molecular formula is C15H12ClNO3. The Labute approximate surface area is 120 Å². The molecule has 1 aromatic carbocycles. The van der Waals surface area contributed by atoms with Gasteiger partial charge in [-0.15, -0.1) is 0 Å². The van der Waals surface area contributed by atoms with Gasteiger partial charge in [-0.1, -0.05) is 24.3 Å². The van der Waals surface area contributed by atoms with Crippen molar-refractivity contribution in [2.24, 2.45) is 0 Å². The van der Waals surface area contributed by atoms with Crippen LogP contribution in [0.3, 0.4) is 0 Å². The Morgan fingerprint density at radius 3 is 2.65 bits per heavy atom. The molecule has 0 fully saturated rings. The summed E-state index contributed by atoms with van der Waals surface area (Å²) in [6.45, 7) is 0. The number of aromatic nitrogens is 1. The molecule has 102 valence electrons. The van der Waals surface area contributed by atoms with Gasteiger partial charge in [-0.25, -0.2) is 0 Å². The summed E-state index contributed by atoms with van der Waals surface area (Å²) >= 11 is 5.56. The van der Waals surface area contributed by atoms with Crippen molar-refractivity contribution in [2.75, 3.05) is 0 Å². The molecule has 0 radical (unpaired) electrons. The Kier molecular flexibility index (Phi) is 3.03. The number of nitrogens with zero attached hydrogens (tertiary/aromatic N) is 1. The molecule has 1 aliphatic rings. The summed E-state index contributed by atoms with van der Waals surface area (Å²) in [5.41, 5.74) is 1.87. The Morgan fingerprint density at radius 2 is 1.95 bits per heavy atom. The van der Waals surface area contributed by atoms with Crippen LogP contribution in [0.5, 0.6) is 11.8 Å². The van der Waals surface area contributed by atoms with Crippen LogP contribution in [-0.4, -0.2) is 20.0 Å². The number of carbonyl (C=O) groups is 1. The van der Waals surface area contributed by atoms with Crippen molar-refractivity contribution in [2.45, 2.75) is 12.8 Å². The van der Waals surface area contributed by atoms with Crippen LogP contribution < -0.4 is 0 Å². The average molecular weight is 290 g/mol. The second-order valence-electron chi connectivity index (χ2n) is 4.61. The molecule has 0 spiro atoms. The van der Waals surface area contributed by atoms with E-state index in [1.54, 1.807) is 30.3 Å². The van der Waals surface area contributed by atoms with E-state index in [-0.39, 0.29) is 17.3 Å². The van der Waals surface area contributed by atoms with Crippen molar-refractivity contribution >= 4 is 22.9 Å². The van der Waals surface area contributed by atoms with Crippen LogP contribution in [0.2, 0.25) is 0 Å². The van der Waals surface area contributed by atoms with Gasteiger partial charge in [0.2, 0.25) is 11.8 Å². The molecule has 2 aromatic rings. The standard InChI is InChI=1S/C15H12ClNO3/c16-13(18)11-7-3-4-8-12(11)17-14(19)9-5-1-2-6-10(9)15(17)20/h1,3-5,7-8,19-20H,2,6H2. The van der Waals surface area contributed by atoms with E-state index in [2.05, 4.69) is 0 Å². The highest BCUT2D eigenvalue weighted by Gasteiger charge is 2.25. The summed E-state index contributed by atoms with van der Waals surface area (Å²) in [7, 11) is 0. The number of halogens is 1. The lowest BCUT2D eigenvalue weighted by molar-refractivity contribution is 0.108. The van der Waals surface area contributed by atoms with E-state index >= 15 is 0 Å². The molecule has 0 saturated heterocycles. The molecule has 0 saturated carbocycles. The zero-order chi connectivity index (χ0) is 14.3. The van der Waals surface area contributed by atoms with Gasteiger partial charge in [0.25, 0.3) is 5.24 Å². The highest BCUT2D eigenvalue weighted by atomic mass is 35.5. The molecule has 5 heteroatoms. The Morgan fingerprint density at radius 1 is 1.20 bits per heavy atom. The van der Waals surface area contributed by atoms with E-state index in [4.69, 9.17) is 11.6 Å². The van der Waals surface area contributed by atoms with Gasteiger partial charge in [-0.2, -0.15) is 0 Å². The van der Waals surface area contributed by atoms with Crippen LogP contribution in [0, 0.1) is 0 Å². The Hall–Kier alpha value is -2.20. The number of aromatic hydroxyl groups is 2. The lowest BCUT2D eigenvalue weighted by Crippen LogP contribution is -2.01. The van der Waals surface area contributed by atoms with Crippen LogP contribution in [0.25, 0.3) is 11.8 Å². The smallest absolute Gasteiger partial charge is 0.254 e. The SMILES string of the molecule is O=C(Cl)c1ccccc1-n1c(O)c2c(c1O)CCC=C2. The minimum atomic E-state index is -0.637. The third-order valence-corrected chi connectivity index (χ3v) is 3.67. The van der Waals surface area contributed by atoms with E-state index in [0.717, 1.165) is 6.42 Å². The summed E-state index contributed by atoms with van der Waals surface area (Å²) in [5.74, 6) is -0.133. The summed E-state index contributed by atoms with van der Waals surface area (Å²) in [6.07, 6.45) is 5.16. The molecule has 4 nitrogen and oxygen atoms in total. The van der Waals surface area contributed by atoms with Crippen molar-refractivity contribution in [3.8, 4) is 17.4 Å². The topological polar surface area (TPSA) is 62.5 Å². The third kappa shape index (κ3) is 1.80. The fraction of sp³-hybridized carbons (Fsp3) is 0.133. The van der Waals surface area contributed by atoms with Crippen LogP contribution >= 0.6 is 11.6 Å². The number of hydrogen-bond donors (Lipinski definition) is 2. The van der Waals surface area contributed by atoms with Gasteiger partial charge in [0.15, 0.2) is 0 Å². The lowest BCUT2D eigenvalue weighted by Gasteiger charge is -2.10. The molecule has 3 rings (SSSR count). The molecule has 0 amide bonds. The molecular weight excluding hydrogens is 278 g/mol. The van der Waals surface area contributed by atoms with E-state index in [9.17, 15) is 15.0 Å². The van der Waals surface area contributed by atoms with Crippen molar-refractivity contribution < 1.29 is 15.0 Å². The normalized spacial score (nSPS) is 13.2. The molecule has 0 aliphatic heterocycles. The fourth-order valence-corrected chi connectivity index (χ4v) is 2.68. The molecule has 0 unspecified atom stereocenters. The number of rotatable bonds is 2. The van der Waals surface area contributed by atoms with Crippen LogP contribution in [0.1, 0.15) is 27.9 Å². The van der Waals surface area contributed by atoms with Gasteiger partial charge in [-0.05, 0) is 36.6 Å². The summed E-state index contributed by atoms with van der Waals surface area (Å²) in [5, 5.41) is 20.0. The van der Waals surface area contributed by atoms with E-state index in [0.29, 0.717) is 23.2 Å². The maximum Gasteiger partial charge on any atom is 0.254 e. The first-order valence-corrected chi connectivity index (χ1v) is 6.60. The van der Waals surface area contributed by atoms with Crippen molar-refractivity contribution in [1.29, 1.82) is 0 Å². The highest BCUT2D eigenvalue weighted by molar-refractivity contribution is 6.68. The van der Waals surface area contributed by atoms with Crippen molar-refractivity contribution in [3.63, 3.8) is 0 Å². The predicted molar refractivity (Wildman–Crippen MR) is 76.6 cm³/mol. The third-order valence-electron chi connectivity index (χ3n) is 3.46. The Bertz CT molecular complexity index is 731. The molecule has 0 atom stereocenters.